The van der Waals surface area contributed by atoms with Crippen LogP contribution in [0.3, 0.4) is 0 Å². The van der Waals surface area contributed by atoms with Crippen molar-refractivity contribution in [3.8, 4) is 0 Å². The minimum atomic E-state index is 0.546. The first kappa shape index (κ1) is 53.9. The molecule has 9 fully saturated rings. The van der Waals surface area contributed by atoms with Crippen LogP contribution in [0.5, 0.6) is 0 Å². The van der Waals surface area contributed by atoms with Crippen LogP contribution in [0.25, 0.3) is 0 Å². The molecule has 1 N–H and O–H groups in total. The molecule has 56 heavy (non-hydrogen) atoms. The fraction of sp³-hybridized carbons (Fsp3) is 1.00. The van der Waals surface area contributed by atoms with Crippen molar-refractivity contribution < 1.29 is 14.2 Å². The van der Waals surface area contributed by atoms with E-state index in [1.165, 1.54) is 186 Å². The van der Waals surface area contributed by atoms with Gasteiger partial charge in [0, 0.05) is 33.0 Å². The van der Waals surface area contributed by atoms with Gasteiger partial charge in [-0.05, 0) is 106 Å². The molecule has 4 heteroatoms. The van der Waals surface area contributed by atoms with E-state index in [4.69, 9.17) is 14.2 Å². The van der Waals surface area contributed by atoms with Crippen LogP contribution >= 0.6 is 0 Å². The molecule has 0 aromatic carbocycles. The van der Waals surface area contributed by atoms with Crippen molar-refractivity contribution in [1.82, 2.24) is 5.32 Å². The standard InChI is InChI=1S/3C7H14.C6H12O.C5H11N.2C5H10O.2C5H10/c3*1-7-5-3-2-4-6-7;1-6-2-4-7-5-3-6;2*1-5-2-3-6-4-5;1-5-3-2-4-6-5;2*1-5-3-2-4-5/h3*7H,2-6H2,1H3;6H,2-5H2,1H3;5-6H,2-4H2,1H3;2*5H,2-4H2,1H3;2*5H,2-4H2,1H3. The SMILES string of the molecule is CC1CCC1.CC1CCC1.CC1CCCCC1.CC1CCCCC1.CC1CCCCC1.CC1CCCO1.CC1CCNC1.CC1CCOC1.CC1CCOCC1. The fourth-order valence-electron chi connectivity index (χ4n) is 8.15. The van der Waals surface area contributed by atoms with Gasteiger partial charge in [-0.25, -0.2) is 0 Å². The molecular weight excluding hydrogens is 687 g/mol. The molecule has 0 bridgehead atoms. The van der Waals surface area contributed by atoms with Crippen molar-refractivity contribution in [2.75, 3.05) is 46.1 Å². The summed E-state index contributed by atoms with van der Waals surface area (Å²) in [5, 5.41) is 3.27. The van der Waals surface area contributed by atoms with Gasteiger partial charge in [0.2, 0.25) is 0 Å². The molecule has 3 atom stereocenters. The second-order valence-corrected chi connectivity index (χ2v) is 20.5. The van der Waals surface area contributed by atoms with Gasteiger partial charge in [0.25, 0.3) is 0 Å². The van der Waals surface area contributed by atoms with Crippen molar-refractivity contribution in [3.05, 3.63) is 0 Å². The summed E-state index contributed by atoms with van der Waals surface area (Å²) in [4.78, 5) is 0. The van der Waals surface area contributed by atoms with Crippen molar-refractivity contribution in [2.24, 2.45) is 47.3 Å². The summed E-state index contributed by atoms with van der Waals surface area (Å²) in [6.07, 6.45) is 39.5. The van der Waals surface area contributed by atoms with Crippen molar-refractivity contribution in [1.29, 1.82) is 0 Å². The number of rotatable bonds is 0. The Hall–Kier alpha value is -0.160. The van der Waals surface area contributed by atoms with Crippen molar-refractivity contribution in [3.63, 3.8) is 0 Å². The first-order chi connectivity index (χ1) is 27.0. The summed E-state index contributed by atoms with van der Waals surface area (Å²) >= 11 is 0. The van der Waals surface area contributed by atoms with Gasteiger partial charge in [-0.15, -0.1) is 0 Å². The van der Waals surface area contributed by atoms with Crippen LogP contribution in [0.4, 0.5) is 0 Å². The highest BCUT2D eigenvalue weighted by Gasteiger charge is 2.12. The van der Waals surface area contributed by atoms with E-state index >= 15 is 0 Å². The third kappa shape index (κ3) is 35.8. The van der Waals surface area contributed by atoms with Crippen molar-refractivity contribution >= 4 is 0 Å². The first-order valence-electron chi connectivity index (χ1n) is 25.5. The van der Waals surface area contributed by atoms with Crippen LogP contribution < -0.4 is 5.32 Å². The molecule has 0 aromatic rings. The Morgan fingerprint density at radius 2 is 0.679 bits per heavy atom. The monoisotopic (exact) mass is 792 g/mol. The van der Waals surface area contributed by atoms with Gasteiger partial charge in [-0.3, -0.25) is 0 Å². The largest absolute Gasteiger partial charge is 0.381 e. The Morgan fingerprint density at radius 1 is 0.304 bits per heavy atom. The predicted octanol–water partition coefficient (Wildman–Crippen LogP) is 15.6. The zero-order valence-electron chi connectivity index (χ0n) is 40.0. The molecule has 5 saturated carbocycles. The second-order valence-electron chi connectivity index (χ2n) is 20.5. The average Bonchev–Trinajstić information content (AvgIpc) is 3.99. The molecule has 0 spiro atoms. The van der Waals surface area contributed by atoms with Crippen molar-refractivity contribution in [2.45, 2.75) is 242 Å². The van der Waals surface area contributed by atoms with Gasteiger partial charge in [-0.1, -0.05) is 190 Å². The summed E-state index contributed by atoms with van der Waals surface area (Å²) < 4.78 is 15.3. The summed E-state index contributed by atoms with van der Waals surface area (Å²) in [6, 6.07) is 0. The maximum absolute atomic E-state index is 5.15. The highest BCUT2D eigenvalue weighted by atomic mass is 16.5. The third-order valence-electron chi connectivity index (χ3n) is 13.6. The lowest BCUT2D eigenvalue weighted by atomic mass is 9.88. The zero-order valence-corrected chi connectivity index (χ0v) is 40.0. The maximum Gasteiger partial charge on any atom is 0.0547 e. The minimum Gasteiger partial charge on any atom is -0.381 e. The quantitative estimate of drug-likeness (QED) is 0.265. The van der Waals surface area contributed by atoms with Gasteiger partial charge in [0.1, 0.15) is 0 Å². The van der Waals surface area contributed by atoms with E-state index in [9.17, 15) is 0 Å². The molecule has 4 saturated heterocycles. The van der Waals surface area contributed by atoms with Crippen LogP contribution in [0, 0.1) is 47.3 Å². The highest BCUT2D eigenvalue weighted by molar-refractivity contribution is 4.66. The molecular formula is C52H105NO3. The number of nitrogens with one attached hydrogen (secondary N) is 1. The molecule has 4 aliphatic heterocycles. The van der Waals surface area contributed by atoms with E-state index in [-0.39, 0.29) is 0 Å². The fourth-order valence-corrected chi connectivity index (χ4v) is 8.15. The average molecular weight is 792 g/mol. The molecule has 0 aromatic heterocycles. The Bertz CT molecular complexity index is 648. The lowest BCUT2D eigenvalue weighted by Crippen LogP contribution is -2.12. The molecule has 9 rings (SSSR count). The number of hydrogen-bond donors (Lipinski definition) is 1. The molecule has 3 unspecified atom stereocenters. The second kappa shape index (κ2) is 37.8. The molecule has 0 amide bonds. The van der Waals surface area contributed by atoms with Crippen LogP contribution in [-0.2, 0) is 14.2 Å². The third-order valence-corrected chi connectivity index (χ3v) is 13.6. The van der Waals surface area contributed by atoms with Gasteiger partial charge in [0.15, 0.2) is 0 Å². The van der Waals surface area contributed by atoms with Gasteiger partial charge < -0.3 is 19.5 Å². The topological polar surface area (TPSA) is 39.7 Å². The molecule has 5 aliphatic carbocycles. The normalized spacial score (nSPS) is 28.3. The minimum absolute atomic E-state index is 0.546. The highest BCUT2D eigenvalue weighted by Crippen LogP contribution is 2.26. The maximum atomic E-state index is 5.15. The number of hydrogen-bond acceptors (Lipinski definition) is 4. The Labute approximate surface area is 353 Å². The summed E-state index contributed by atoms with van der Waals surface area (Å²) in [5.41, 5.74) is 0. The molecule has 336 valence electrons. The molecule has 9 aliphatic rings. The lowest BCUT2D eigenvalue weighted by Gasteiger charge is -2.18. The van der Waals surface area contributed by atoms with Crippen LogP contribution in [0.1, 0.15) is 236 Å². The van der Waals surface area contributed by atoms with Crippen LogP contribution in [0.2, 0.25) is 0 Å². The Morgan fingerprint density at radius 3 is 0.804 bits per heavy atom. The van der Waals surface area contributed by atoms with Gasteiger partial charge >= 0.3 is 0 Å². The molecule has 4 heterocycles. The smallest absolute Gasteiger partial charge is 0.0547 e. The lowest BCUT2D eigenvalue weighted by molar-refractivity contribution is 0.0716. The summed E-state index contributed by atoms with van der Waals surface area (Å²) in [6.45, 7) is 28.0. The van der Waals surface area contributed by atoms with E-state index in [0.29, 0.717) is 6.10 Å². The molecule has 0 radical (unpaired) electrons. The van der Waals surface area contributed by atoms with E-state index in [2.05, 4.69) is 67.6 Å². The summed E-state index contributed by atoms with van der Waals surface area (Å²) in [7, 11) is 0. The van der Waals surface area contributed by atoms with E-state index < -0.39 is 0 Å². The zero-order chi connectivity index (χ0) is 41.1. The first-order valence-corrected chi connectivity index (χ1v) is 25.5. The van der Waals surface area contributed by atoms with Gasteiger partial charge in [0.05, 0.1) is 6.10 Å². The summed E-state index contributed by atoms with van der Waals surface area (Å²) in [5.74, 6) is 7.91. The van der Waals surface area contributed by atoms with Gasteiger partial charge in [-0.2, -0.15) is 0 Å². The predicted molar refractivity (Wildman–Crippen MR) is 248 cm³/mol. The Balaban J connectivity index is 0.000000316. The molecule has 4 nitrogen and oxygen atoms in total. The number of ether oxygens (including phenoxy) is 3. The van der Waals surface area contributed by atoms with Crippen LogP contribution in [-0.4, -0.2) is 52.2 Å². The van der Waals surface area contributed by atoms with E-state index in [1.54, 1.807) is 0 Å². The Kier molecular flexibility index (Phi) is 36.4. The van der Waals surface area contributed by atoms with Crippen LogP contribution in [0.15, 0.2) is 0 Å². The van der Waals surface area contributed by atoms with E-state index in [0.717, 1.165) is 80.4 Å². The van der Waals surface area contributed by atoms with E-state index in [1.807, 2.05) is 0 Å².